The van der Waals surface area contributed by atoms with Gasteiger partial charge in [-0.3, -0.25) is 4.79 Å². The Kier molecular flexibility index (Phi) is 7.38. The number of benzene rings is 1. The van der Waals surface area contributed by atoms with Gasteiger partial charge in [-0.15, -0.1) is 0 Å². The molecule has 1 saturated heterocycles. The summed E-state index contributed by atoms with van der Waals surface area (Å²) in [6, 6.07) is 5.41. The number of rotatable bonds is 7. The Bertz CT molecular complexity index is 1170. The second kappa shape index (κ2) is 9.88. The average molecular weight is 477 g/mol. The quantitative estimate of drug-likeness (QED) is 0.481. The number of H-pyrrole nitrogens is 1. The smallest absolute Gasteiger partial charge is 0.339 e. The molecule has 0 saturated carbocycles. The lowest BCUT2D eigenvalue weighted by Crippen LogP contribution is -2.41. The topological polar surface area (TPSA) is 123 Å². The zero-order valence-electron chi connectivity index (χ0n) is 19.1. The van der Waals surface area contributed by atoms with E-state index in [-0.39, 0.29) is 27.8 Å². The van der Waals surface area contributed by atoms with E-state index in [9.17, 15) is 22.8 Å². The Labute approximate surface area is 193 Å². The summed E-state index contributed by atoms with van der Waals surface area (Å²) >= 11 is 0. The number of nitrogens with zero attached hydrogens (tertiary/aromatic N) is 1. The summed E-state index contributed by atoms with van der Waals surface area (Å²) in [6.45, 7) is 5.08. The van der Waals surface area contributed by atoms with Crippen LogP contribution in [0.3, 0.4) is 0 Å². The zero-order valence-corrected chi connectivity index (χ0v) is 20.0. The van der Waals surface area contributed by atoms with E-state index in [0.29, 0.717) is 17.8 Å². The third kappa shape index (κ3) is 5.01. The van der Waals surface area contributed by atoms with E-state index in [1.165, 1.54) is 35.7 Å². The number of aromatic nitrogens is 1. The first-order chi connectivity index (χ1) is 15.6. The van der Waals surface area contributed by atoms with Crippen LogP contribution in [0.1, 0.15) is 68.6 Å². The molecule has 2 heterocycles. The first kappa shape index (κ1) is 24.7. The number of piperidine rings is 1. The summed E-state index contributed by atoms with van der Waals surface area (Å²) < 4.78 is 37.1. The van der Waals surface area contributed by atoms with E-state index in [1.807, 2.05) is 6.92 Å². The van der Waals surface area contributed by atoms with Crippen LogP contribution in [0.2, 0.25) is 0 Å². The highest BCUT2D eigenvalue weighted by Crippen LogP contribution is 2.25. The number of sulfonamides is 1. The van der Waals surface area contributed by atoms with Crippen LogP contribution in [0.5, 0.6) is 0 Å². The largest absolute Gasteiger partial charge is 0.465 e. The number of ether oxygens (including phenoxy) is 2. The summed E-state index contributed by atoms with van der Waals surface area (Å²) in [6.07, 6.45) is 2.64. The predicted octanol–water partition coefficient (Wildman–Crippen LogP) is 3.02. The van der Waals surface area contributed by atoms with E-state index >= 15 is 0 Å². The van der Waals surface area contributed by atoms with Gasteiger partial charge in [0.2, 0.25) is 15.8 Å². The van der Waals surface area contributed by atoms with Crippen molar-refractivity contribution in [3.05, 3.63) is 52.3 Å². The maximum absolute atomic E-state index is 12.9. The molecule has 0 spiro atoms. The molecule has 1 aromatic heterocycles. The van der Waals surface area contributed by atoms with Crippen molar-refractivity contribution in [3.63, 3.8) is 0 Å². The van der Waals surface area contributed by atoms with Crippen molar-refractivity contribution in [1.29, 1.82) is 0 Å². The normalized spacial score (nSPS) is 16.9. The van der Waals surface area contributed by atoms with Crippen LogP contribution in [0.15, 0.2) is 29.2 Å². The van der Waals surface area contributed by atoms with Crippen LogP contribution >= 0.6 is 0 Å². The molecule has 9 nitrogen and oxygen atoms in total. The minimum absolute atomic E-state index is 0.0702. The number of hydrogen-bond donors (Lipinski definition) is 1. The third-order valence-corrected chi connectivity index (χ3v) is 7.91. The van der Waals surface area contributed by atoms with Crippen molar-refractivity contribution in [2.75, 3.05) is 20.3 Å². The number of carbonyl (C=O) groups excluding carboxylic acids is 3. The molecule has 1 atom stereocenters. The number of nitrogens with one attached hydrogen (secondary N) is 1. The van der Waals surface area contributed by atoms with Gasteiger partial charge in [0.05, 0.1) is 28.8 Å². The minimum atomic E-state index is -3.65. The monoisotopic (exact) mass is 476 g/mol. The number of Topliss-reactive ketones (excluding diaryl/α,β-unsaturated/α-hetero) is 1. The van der Waals surface area contributed by atoms with Gasteiger partial charge in [0, 0.05) is 18.3 Å². The molecule has 33 heavy (non-hydrogen) atoms. The second-order valence-corrected chi connectivity index (χ2v) is 9.99. The fourth-order valence-corrected chi connectivity index (χ4v) is 5.75. The van der Waals surface area contributed by atoms with Crippen LogP contribution in [-0.2, 0) is 19.5 Å². The molecule has 3 rings (SSSR count). The van der Waals surface area contributed by atoms with Gasteiger partial charge in [0.25, 0.3) is 0 Å². The molecule has 178 valence electrons. The van der Waals surface area contributed by atoms with Gasteiger partial charge in [-0.2, -0.15) is 4.31 Å². The van der Waals surface area contributed by atoms with E-state index in [1.54, 1.807) is 13.8 Å². The Balaban J connectivity index is 1.67. The number of methoxy groups -OCH3 is 1. The third-order valence-electron chi connectivity index (χ3n) is 5.88. The number of ketones is 1. The van der Waals surface area contributed by atoms with Crippen molar-refractivity contribution >= 4 is 27.7 Å². The van der Waals surface area contributed by atoms with Crippen LogP contribution in [0.4, 0.5) is 0 Å². The maximum atomic E-state index is 12.9. The summed E-state index contributed by atoms with van der Waals surface area (Å²) in [5, 5.41) is 0. The standard InChI is InChI=1S/C23H28N2O7S/c1-14-7-5-6-12-25(14)33(29,30)18-10-8-17(9-11-18)22(27)32-13-19(26)21-15(2)20(16(3)24-21)23(28)31-4/h8-11,14,24H,5-7,12-13H2,1-4H3. The van der Waals surface area contributed by atoms with Crippen LogP contribution in [-0.4, -0.2) is 61.7 Å². The number of aryl methyl sites for hydroxylation is 1. The van der Waals surface area contributed by atoms with E-state index in [0.717, 1.165) is 19.3 Å². The lowest BCUT2D eigenvalue weighted by atomic mass is 10.1. The second-order valence-electron chi connectivity index (χ2n) is 8.10. The molecule has 0 aliphatic carbocycles. The molecular weight excluding hydrogens is 448 g/mol. The van der Waals surface area contributed by atoms with Crippen LogP contribution in [0, 0.1) is 13.8 Å². The van der Waals surface area contributed by atoms with Crippen LogP contribution < -0.4 is 0 Å². The Hall–Kier alpha value is -2.98. The summed E-state index contributed by atoms with van der Waals surface area (Å²) in [4.78, 5) is 39.7. The molecule has 0 bridgehead atoms. The lowest BCUT2D eigenvalue weighted by Gasteiger charge is -2.32. The Morgan fingerprint density at radius 2 is 1.76 bits per heavy atom. The minimum Gasteiger partial charge on any atom is -0.465 e. The highest BCUT2D eigenvalue weighted by atomic mass is 32.2. The van der Waals surface area contributed by atoms with Crippen molar-refractivity contribution < 1.29 is 32.3 Å². The van der Waals surface area contributed by atoms with Gasteiger partial charge < -0.3 is 14.5 Å². The number of esters is 2. The molecule has 1 fully saturated rings. The summed E-state index contributed by atoms with van der Waals surface area (Å²) in [5.74, 6) is -1.82. The predicted molar refractivity (Wildman–Crippen MR) is 120 cm³/mol. The molecule has 2 aromatic rings. The molecule has 1 N–H and O–H groups in total. The van der Waals surface area contributed by atoms with E-state index in [2.05, 4.69) is 4.98 Å². The first-order valence-corrected chi connectivity index (χ1v) is 12.1. The van der Waals surface area contributed by atoms with Gasteiger partial charge in [-0.1, -0.05) is 6.42 Å². The highest BCUT2D eigenvalue weighted by Gasteiger charge is 2.31. The van der Waals surface area contributed by atoms with Gasteiger partial charge in [-0.25, -0.2) is 18.0 Å². The Morgan fingerprint density at radius 3 is 2.36 bits per heavy atom. The molecule has 1 aliphatic heterocycles. The molecule has 1 unspecified atom stereocenters. The fourth-order valence-electron chi connectivity index (χ4n) is 4.05. The van der Waals surface area contributed by atoms with E-state index in [4.69, 9.17) is 9.47 Å². The van der Waals surface area contributed by atoms with Gasteiger partial charge in [0.15, 0.2) is 6.61 Å². The maximum Gasteiger partial charge on any atom is 0.339 e. The molecule has 0 amide bonds. The van der Waals surface area contributed by atoms with Crippen LogP contribution in [0.25, 0.3) is 0 Å². The SMILES string of the molecule is COC(=O)c1c(C)[nH]c(C(=O)COC(=O)c2ccc(S(=O)(=O)N3CCCCC3C)cc2)c1C. The Morgan fingerprint density at radius 1 is 1.09 bits per heavy atom. The summed E-state index contributed by atoms with van der Waals surface area (Å²) in [7, 11) is -2.39. The van der Waals surface area contributed by atoms with Gasteiger partial charge >= 0.3 is 11.9 Å². The van der Waals surface area contributed by atoms with Crippen molar-refractivity contribution in [2.24, 2.45) is 0 Å². The number of carbonyl (C=O) groups is 3. The molecule has 1 aromatic carbocycles. The molecular formula is C23H28N2O7S. The first-order valence-electron chi connectivity index (χ1n) is 10.7. The lowest BCUT2D eigenvalue weighted by molar-refractivity contribution is 0.0473. The van der Waals surface area contributed by atoms with Crippen molar-refractivity contribution in [2.45, 2.75) is 51.0 Å². The zero-order chi connectivity index (χ0) is 24.3. The molecule has 10 heteroatoms. The number of aromatic amines is 1. The van der Waals surface area contributed by atoms with Crippen molar-refractivity contribution in [1.82, 2.24) is 9.29 Å². The highest BCUT2D eigenvalue weighted by molar-refractivity contribution is 7.89. The number of hydrogen-bond acceptors (Lipinski definition) is 7. The van der Waals surface area contributed by atoms with E-state index < -0.39 is 34.4 Å². The molecule has 1 aliphatic rings. The molecule has 0 radical (unpaired) electrons. The van der Waals surface area contributed by atoms with Gasteiger partial charge in [-0.05, 0) is 63.4 Å². The van der Waals surface area contributed by atoms with Crippen molar-refractivity contribution in [3.8, 4) is 0 Å². The average Bonchev–Trinajstić information content (AvgIpc) is 3.10. The van der Waals surface area contributed by atoms with Gasteiger partial charge in [0.1, 0.15) is 0 Å². The summed E-state index contributed by atoms with van der Waals surface area (Å²) in [5.41, 5.74) is 1.46. The fraction of sp³-hybridized carbons (Fsp3) is 0.435.